The van der Waals surface area contributed by atoms with Crippen molar-refractivity contribution in [2.75, 3.05) is 13.7 Å². The van der Waals surface area contributed by atoms with Crippen LogP contribution in [0.2, 0.25) is 0 Å². The van der Waals surface area contributed by atoms with Gasteiger partial charge in [0.05, 0.1) is 13.2 Å². The van der Waals surface area contributed by atoms with Gasteiger partial charge in [0.1, 0.15) is 5.76 Å². The number of methoxy groups -OCH3 is 1. The average Bonchev–Trinajstić information content (AvgIpc) is 2.45. The minimum Gasteiger partial charge on any atom is -0.497 e. The molecule has 4 heteroatoms. The number of hydrogen-bond donors (Lipinski definition) is 1. The molecular weight excluding hydrogens is 160 g/mol. The summed E-state index contributed by atoms with van der Waals surface area (Å²) < 4.78 is 9.82. The third-order valence-electron chi connectivity index (χ3n) is 1.82. The highest BCUT2D eigenvalue weighted by molar-refractivity contribution is 5.85. The van der Waals surface area contributed by atoms with Gasteiger partial charge in [0.2, 0.25) is 0 Å². The largest absolute Gasteiger partial charge is 0.497 e. The van der Waals surface area contributed by atoms with Crippen LogP contribution in [0.15, 0.2) is 11.8 Å². The van der Waals surface area contributed by atoms with Crippen LogP contribution in [-0.2, 0) is 14.3 Å². The van der Waals surface area contributed by atoms with Gasteiger partial charge in [0, 0.05) is 12.5 Å². The van der Waals surface area contributed by atoms with Gasteiger partial charge in [0.15, 0.2) is 6.10 Å². The lowest BCUT2D eigenvalue weighted by Crippen LogP contribution is -2.24. The van der Waals surface area contributed by atoms with Gasteiger partial charge in [-0.25, -0.2) is 4.79 Å². The van der Waals surface area contributed by atoms with Crippen LogP contribution in [0, 0.1) is 5.92 Å². The highest BCUT2D eigenvalue weighted by Gasteiger charge is 2.31. The lowest BCUT2D eigenvalue weighted by Gasteiger charge is -2.18. The van der Waals surface area contributed by atoms with E-state index in [9.17, 15) is 4.79 Å². The van der Waals surface area contributed by atoms with Gasteiger partial charge in [-0.2, -0.15) is 0 Å². The van der Waals surface area contributed by atoms with Crippen molar-refractivity contribution in [3.05, 3.63) is 11.8 Å². The smallest absolute Gasteiger partial charge is 0.335 e. The number of aliphatic hydroxyl groups excluding tert-OH is 1. The normalized spacial score (nSPS) is 24.8. The summed E-state index contributed by atoms with van der Waals surface area (Å²) in [5.41, 5.74) is 0. The van der Waals surface area contributed by atoms with E-state index >= 15 is 0 Å². The third kappa shape index (κ3) is 1.58. The van der Waals surface area contributed by atoms with E-state index in [2.05, 4.69) is 0 Å². The maximum absolute atomic E-state index is 10.8. The molecule has 0 saturated heterocycles. The van der Waals surface area contributed by atoms with Crippen LogP contribution in [0.5, 0.6) is 0 Å². The van der Waals surface area contributed by atoms with E-state index < -0.39 is 12.1 Å². The Morgan fingerprint density at radius 3 is 3.00 bits per heavy atom. The van der Waals surface area contributed by atoms with Crippen LogP contribution in [-0.4, -0.2) is 30.9 Å². The topological polar surface area (TPSA) is 55.8 Å². The second kappa shape index (κ2) is 3.58. The average molecular weight is 172 g/mol. The number of esters is 1. The zero-order valence-corrected chi connectivity index (χ0v) is 7.11. The van der Waals surface area contributed by atoms with Gasteiger partial charge in [-0.3, -0.25) is 0 Å². The van der Waals surface area contributed by atoms with Crippen molar-refractivity contribution in [1.29, 1.82) is 0 Å². The molecule has 1 aliphatic rings. The second-order valence-electron chi connectivity index (χ2n) is 2.77. The number of carbonyl (C=O) groups excluding carboxylic acids is 1. The Bertz CT molecular complexity index is 209. The van der Waals surface area contributed by atoms with E-state index in [0.29, 0.717) is 5.76 Å². The summed E-state index contributed by atoms with van der Waals surface area (Å²) >= 11 is 0. The molecule has 0 bridgehead atoms. The predicted octanol–water partition coefficient (Wildman–Crippen LogP) is 0.0705. The fraction of sp³-hybridized carbons (Fsp3) is 0.625. The fourth-order valence-corrected chi connectivity index (χ4v) is 1.08. The summed E-state index contributed by atoms with van der Waals surface area (Å²) in [7, 11) is 1.48. The van der Waals surface area contributed by atoms with Crippen molar-refractivity contribution in [2.45, 2.75) is 13.0 Å². The van der Waals surface area contributed by atoms with E-state index in [0.717, 1.165) is 0 Å². The predicted molar refractivity (Wildman–Crippen MR) is 41.2 cm³/mol. The molecule has 1 N–H and O–H groups in total. The number of ether oxygens (including phenoxy) is 2. The van der Waals surface area contributed by atoms with Crippen LogP contribution in [0.3, 0.4) is 0 Å². The number of hydrogen-bond acceptors (Lipinski definition) is 4. The van der Waals surface area contributed by atoms with Crippen molar-refractivity contribution in [2.24, 2.45) is 5.92 Å². The molecule has 0 amide bonds. The first-order valence-corrected chi connectivity index (χ1v) is 3.76. The molecule has 0 aliphatic carbocycles. The number of rotatable bonds is 3. The molecule has 0 unspecified atom stereocenters. The Labute approximate surface area is 70.8 Å². The molecule has 68 valence electrons. The monoisotopic (exact) mass is 172 g/mol. The first kappa shape index (κ1) is 9.06. The zero-order chi connectivity index (χ0) is 9.14. The Kier molecular flexibility index (Phi) is 2.70. The fourth-order valence-electron chi connectivity index (χ4n) is 1.08. The summed E-state index contributed by atoms with van der Waals surface area (Å²) in [6, 6.07) is 0. The second-order valence-corrected chi connectivity index (χ2v) is 2.77. The Morgan fingerprint density at radius 2 is 2.50 bits per heavy atom. The van der Waals surface area contributed by atoms with E-state index in [1.165, 1.54) is 13.2 Å². The summed E-state index contributed by atoms with van der Waals surface area (Å²) in [4.78, 5) is 10.8. The molecule has 1 heterocycles. The summed E-state index contributed by atoms with van der Waals surface area (Å²) in [6.45, 7) is 1.76. The van der Waals surface area contributed by atoms with Crippen LogP contribution in [0.1, 0.15) is 6.92 Å². The molecule has 12 heavy (non-hydrogen) atoms. The first-order chi connectivity index (χ1) is 5.69. The van der Waals surface area contributed by atoms with Crippen molar-refractivity contribution < 1.29 is 19.4 Å². The highest BCUT2D eigenvalue weighted by atomic mass is 16.6. The van der Waals surface area contributed by atoms with Crippen molar-refractivity contribution >= 4 is 5.97 Å². The Morgan fingerprint density at radius 1 is 1.83 bits per heavy atom. The molecule has 1 rings (SSSR count). The molecule has 0 fully saturated rings. The lowest BCUT2D eigenvalue weighted by atomic mass is 10.1. The van der Waals surface area contributed by atoms with Gasteiger partial charge < -0.3 is 14.6 Å². The van der Waals surface area contributed by atoms with E-state index in [4.69, 9.17) is 14.6 Å². The molecule has 1 aliphatic heterocycles. The summed E-state index contributed by atoms with van der Waals surface area (Å²) in [6.07, 6.45) is 0.879. The van der Waals surface area contributed by atoms with Crippen molar-refractivity contribution in [3.8, 4) is 0 Å². The number of carbonyl (C=O) groups is 1. The van der Waals surface area contributed by atoms with Crippen LogP contribution >= 0.6 is 0 Å². The number of aliphatic hydroxyl groups is 1. The molecule has 0 spiro atoms. The first-order valence-electron chi connectivity index (χ1n) is 3.76. The number of cyclic esters (lactones) is 1. The van der Waals surface area contributed by atoms with Crippen LogP contribution in [0.25, 0.3) is 0 Å². The standard InChI is InChI=1S/C8H12O4/c1-5(4-9)8-6(11-2)3-7(10)12-8/h3,5,8-9H,4H2,1-2H3/t5-,8+/m1/s1. The van der Waals surface area contributed by atoms with Gasteiger partial charge in [-0.05, 0) is 0 Å². The Hall–Kier alpha value is -1.03. The highest BCUT2D eigenvalue weighted by Crippen LogP contribution is 2.22. The molecule has 4 nitrogen and oxygen atoms in total. The summed E-state index contributed by atoms with van der Waals surface area (Å²) in [5, 5.41) is 8.82. The van der Waals surface area contributed by atoms with Crippen LogP contribution in [0.4, 0.5) is 0 Å². The van der Waals surface area contributed by atoms with E-state index in [1.807, 2.05) is 0 Å². The minimum atomic E-state index is -0.424. The molecule has 2 atom stereocenters. The SMILES string of the molecule is COC1=CC(=O)O[C@H]1[C@H](C)CO. The molecule has 0 aromatic rings. The molecule has 0 aromatic carbocycles. The maximum Gasteiger partial charge on any atom is 0.335 e. The van der Waals surface area contributed by atoms with Gasteiger partial charge in [-0.1, -0.05) is 6.92 Å². The molecular formula is C8H12O4. The van der Waals surface area contributed by atoms with Crippen molar-refractivity contribution in [3.63, 3.8) is 0 Å². The quantitative estimate of drug-likeness (QED) is 0.612. The van der Waals surface area contributed by atoms with Gasteiger partial charge in [0.25, 0.3) is 0 Å². The Balaban J connectivity index is 2.68. The molecule has 0 radical (unpaired) electrons. The van der Waals surface area contributed by atoms with Gasteiger partial charge >= 0.3 is 5.97 Å². The third-order valence-corrected chi connectivity index (χ3v) is 1.82. The zero-order valence-electron chi connectivity index (χ0n) is 7.11. The minimum absolute atomic E-state index is 0.0291. The summed E-state index contributed by atoms with van der Waals surface area (Å²) in [5.74, 6) is -0.0404. The maximum atomic E-state index is 10.8. The van der Waals surface area contributed by atoms with E-state index in [1.54, 1.807) is 6.92 Å². The lowest BCUT2D eigenvalue weighted by molar-refractivity contribution is -0.141. The van der Waals surface area contributed by atoms with E-state index in [-0.39, 0.29) is 12.5 Å². The van der Waals surface area contributed by atoms with Gasteiger partial charge in [-0.15, -0.1) is 0 Å². The van der Waals surface area contributed by atoms with Crippen LogP contribution < -0.4 is 0 Å². The van der Waals surface area contributed by atoms with Crippen molar-refractivity contribution in [1.82, 2.24) is 0 Å². The molecule has 0 saturated carbocycles. The molecule has 0 aromatic heterocycles.